The van der Waals surface area contributed by atoms with Gasteiger partial charge in [0, 0.05) is 17.5 Å². The highest BCUT2D eigenvalue weighted by Crippen LogP contribution is 2.45. The van der Waals surface area contributed by atoms with Gasteiger partial charge in [0.25, 0.3) is 5.91 Å². The van der Waals surface area contributed by atoms with Crippen LogP contribution in [-0.4, -0.2) is 28.7 Å². The molecule has 7 nitrogen and oxygen atoms in total. The molecule has 2 aromatic carbocycles. The molecule has 0 spiro atoms. The molecule has 12 heteroatoms. The number of anilines is 2. The number of hydrogen-bond acceptors (Lipinski definition) is 5. The summed E-state index contributed by atoms with van der Waals surface area (Å²) in [5, 5.41) is 10.1. The number of halogens is 5. The molecule has 0 fully saturated rings. The van der Waals surface area contributed by atoms with Crippen LogP contribution in [0.2, 0.25) is 10.0 Å². The van der Waals surface area contributed by atoms with Gasteiger partial charge >= 0.3 is 6.18 Å². The molecule has 3 heterocycles. The minimum Gasteiger partial charge on any atom is -0.454 e. The summed E-state index contributed by atoms with van der Waals surface area (Å²) in [6, 6.07) is 8.11. The van der Waals surface area contributed by atoms with Crippen LogP contribution in [0.1, 0.15) is 34.6 Å². The first-order valence-electron chi connectivity index (χ1n) is 9.78. The van der Waals surface area contributed by atoms with Crippen molar-refractivity contribution in [2.45, 2.75) is 24.7 Å². The number of hydrogen-bond donors (Lipinski definition) is 2. The van der Waals surface area contributed by atoms with Crippen LogP contribution in [0.25, 0.3) is 0 Å². The third kappa shape index (κ3) is 4.16. The van der Waals surface area contributed by atoms with E-state index in [-0.39, 0.29) is 35.4 Å². The van der Waals surface area contributed by atoms with Gasteiger partial charge in [-0.2, -0.15) is 18.3 Å². The average molecular weight is 499 g/mol. The lowest BCUT2D eigenvalue weighted by molar-refractivity contribution is -0.173. The van der Waals surface area contributed by atoms with Gasteiger partial charge in [-0.1, -0.05) is 29.3 Å². The number of nitrogens with one attached hydrogen (secondary N) is 2. The fraction of sp³-hybridized carbons (Fsp3) is 0.238. The highest BCUT2D eigenvalue weighted by molar-refractivity contribution is 6.36. The van der Waals surface area contributed by atoms with Crippen molar-refractivity contribution >= 4 is 40.6 Å². The van der Waals surface area contributed by atoms with E-state index in [1.54, 1.807) is 18.2 Å². The maximum absolute atomic E-state index is 13.9. The van der Waals surface area contributed by atoms with Crippen molar-refractivity contribution in [3.05, 3.63) is 63.8 Å². The number of carbonyl (C=O) groups excluding carboxylic acids is 1. The monoisotopic (exact) mass is 498 g/mol. The Morgan fingerprint density at radius 3 is 2.67 bits per heavy atom. The Bertz CT molecular complexity index is 1250. The van der Waals surface area contributed by atoms with Crippen LogP contribution in [0, 0.1) is 0 Å². The van der Waals surface area contributed by atoms with E-state index in [4.69, 9.17) is 32.7 Å². The van der Waals surface area contributed by atoms with Crippen molar-refractivity contribution in [1.29, 1.82) is 0 Å². The Kier molecular flexibility index (Phi) is 5.29. The van der Waals surface area contributed by atoms with Gasteiger partial charge < -0.3 is 20.1 Å². The van der Waals surface area contributed by atoms with Crippen LogP contribution in [0.4, 0.5) is 24.7 Å². The van der Waals surface area contributed by atoms with Crippen LogP contribution in [0.15, 0.2) is 42.5 Å². The van der Waals surface area contributed by atoms with Gasteiger partial charge in [-0.05, 0) is 35.9 Å². The molecule has 1 aromatic heterocycles. The summed E-state index contributed by atoms with van der Waals surface area (Å²) in [7, 11) is 0. The number of rotatable bonds is 3. The zero-order chi connectivity index (χ0) is 23.3. The van der Waals surface area contributed by atoms with Crippen molar-refractivity contribution in [2.24, 2.45) is 0 Å². The van der Waals surface area contributed by atoms with E-state index in [1.165, 1.54) is 24.3 Å². The maximum Gasteiger partial charge on any atom is 0.410 e. The van der Waals surface area contributed by atoms with E-state index in [0.717, 1.165) is 4.68 Å². The Morgan fingerprint density at radius 1 is 1.12 bits per heavy atom. The Morgan fingerprint density at radius 2 is 1.91 bits per heavy atom. The Labute approximate surface area is 195 Å². The predicted octanol–water partition coefficient (Wildman–Crippen LogP) is 5.83. The molecule has 0 saturated carbocycles. The van der Waals surface area contributed by atoms with Gasteiger partial charge in [0.05, 0.1) is 16.8 Å². The molecule has 33 heavy (non-hydrogen) atoms. The molecule has 172 valence electrons. The zero-order valence-electron chi connectivity index (χ0n) is 16.6. The normalized spacial score (nSPS) is 19.1. The molecule has 0 bridgehead atoms. The highest BCUT2D eigenvalue weighted by atomic mass is 35.5. The Hall–Kier alpha value is -3.11. The molecule has 1 amide bonds. The zero-order valence-corrected chi connectivity index (χ0v) is 18.1. The van der Waals surface area contributed by atoms with E-state index < -0.39 is 24.2 Å². The lowest BCUT2D eigenvalue weighted by Crippen LogP contribution is -2.35. The van der Waals surface area contributed by atoms with Crippen molar-refractivity contribution in [3.8, 4) is 11.5 Å². The lowest BCUT2D eigenvalue weighted by Gasteiger charge is -2.33. The fourth-order valence-corrected chi connectivity index (χ4v) is 4.27. The van der Waals surface area contributed by atoms with Crippen molar-refractivity contribution in [2.75, 3.05) is 17.4 Å². The number of amides is 1. The summed E-state index contributed by atoms with van der Waals surface area (Å²) in [4.78, 5) is 12.7. The number of alkyl halides is 3. The summed E-state index contributed by atoms with van der Waals surface area (Å²) in [6.07, 6.45) is -4.90. The first kappa shape index (κ1) is 21.7. The number of benzene rings is 2. The number of ether oxygens (including phenoxy) is 2. The number of carbonyl (C=O) groups is 1. The van der Waals surface area contributed by atoms with E-state index in [1.807, 2.05) is 0 Å². The summed E-state index contributed by atoms with van der Waals surface area (Å²) >= 11 is 11.9. The van der Waals surface area contributed by atoms with Crippen LogP contribution < -0.4 is 20.1 Å². The quantitative estimate of drug-likeness (QED) is 0.474. The Balaban J connectivity index is 1.45. The van der Waals surface area contributed by atoms with E-state index in [2.05, 4.69) is 15.7 Å². The number of aromatic nitrogens is 2. The minimum atomic E-state index is -4.58. The highest BCUT2D eigenvalue weighted by Gasteiger charge is 2.47. The smallest absolute Gasteiger partial charge is 0.410 e. The molecule has 0 unspecified atom stereocenters. The molecule has 3 aromatic rings. The van der Waals surface area contributed by atoms with Crippen molar-refractivity contribution in [1.82, 2.24) is 9.78 Å². The van der Waals surface area contributed by atoms with Gasteiger partial charge in [-0.3, -0.25) is 4.79 Å². The summed E-state index contributed by atoms with van der Waals surface area (Å²) < 4.78 is 53.1. The van der Waals surface area contributed by atoms with Gasteiger partial charge in [-0.25, -0.2) is 4.68 Å². The fourth-order valence-electron chi connectivity index (χ4n) is 3.81. The van der Waals surface area contributed by atoms with Gasteiger partial charge in [-0.15, -0.1) is 0 Å². The van der Waals surface area contributed by atoms with E-state index in [0.29, 0.717) is 22.1 Å². The maximum atomic E-state index is 13.9. The van der Waals surface area contributed by atoms with Crippen LogP contribution in [-0.2, 0) is 0 Å². The lowest BCUT2D eigenvalue weighted by atomic mass is 9.96. The number of fused-ring (bicyclic) bond motifs is 2. The summed E-state index contributed by atoms with van der Waals surface area (Å²) in [6.45, 7) is 0.0605. The van der Waals surface area contributed by atoms with Crippen molar-refractivity contribution < 1.29 is 27.4 Å². The molecular weight excluding hydrogens is 484 g/mol. The second kappa shape index (κ2) is 8.03. The SMILES string of the molecule is O=C(Nc1ccc(Cl)cc1Cl)c1cc2n(n1)[C@@H](C(F)(F)F)C[C@@H](c1ccc3c(c1)OCO3)N2. The van der Waals surface area contributed by atoms with E-state index >= 15 is 0 Å². The predicted molar refractivity (Wildman–Crippen MR) is 115 cm³/mol. The second-order valence-corrected chi connectivity index (χ2v) is 8.38. The standard InChI is InChI=1S/C21H15Cl2F3N4O3/c22-11-2-3-13(12(23)6-11)28-20(31)15-8-19-27-14(7-18(21(24,25)26)30(19)29-15)10-1-4-16-17(5-10)33-9-32-16/h1-6,8,14,18,27H,7,9H2,(H,28,31)/t14-,18+/m0/s1. The first-order chi connectivity index (χ1) is 15.7. The topological polar surface area (TPSA) is 77.4 Å². The summed E-state index contributed by atoms with van der Waals surface area (Å²) in [5.74, 6) is 0.366. The largest absolute Gasteiger partial charge is 0.454 e. The average Bonchev–Trinajstić information content (AvgIpc) is 3.40. The molecule has 2 atom stereocenters. The molecule has 0 saturated heterocycles. The van der Waals surface area contributed by atoms with E-state index in [9.17, 15) is 18.0 Å². The van der Waals surface area contributed by atoms with Crippen LogP contribution >= 0.6 is 23.2 Å². The van der Waals surface area contributed by atoms with Gasteiger partial charge in [0.2, 0.25) is 6.79 Å². The second-order valence-electron chi connectivity index (χ2n) is 7.54. The van der Waals surface area contributed by atoms with Gasteiger partial charge in [0.15, 0.2) is 23.2 Å². The molecule has 5 rings (SSSR count). The van der Waals surface area contributed by atoms with Crippen LogP contribution in [0.3, 0.4) is 0 Å². The molecule has 0 aliphatic carbocycles. The van der Waals surface area contributed by atoms with Crippen molar-refractivity contribution in [3.63, 3.8) is 0 Å². The van der Waals surface area contributed by atoms with Gasteiger partial charge in [0.1, 0.15) is 5.82 Å². The summed E-state index contributed by atoms with van der Waals surface area (Å²) in [5.41, 5.74) is 0.666. The molecule has 0 radical (unpaired) electrons. The number of nitrogens with zero attached hydrogens (tertiary/aromatic N) is 2. The molecule has 2 N–H and O–H groups in total. The molecular formula is C21H15Cl2F3N4O3. The molecule has 2 aliphatic rings. The van der Waals surface area contributed by atoms with Crippen LogP contribution in [0.5, 0.6) is 11.5 Å². The molecule has 2 aliphatic heterocycles. The first-order valence-corrected chi connectivity index (χ1v) is 10.5. The minimum absolute atomic E-state index is 0.0605. The third-order valence-corrected chi connectivity index (χ3v) is 5.95. The third-order valence-electron chi connectivity index (χ3n) is 5.40.